The number of aryl methyl sites for hydroxylation is 2. The molecule has 28 heavy (non-hydrogen) atoms. The monoisotopic (exact) mass is 384 g/mol. The summed E-state index contributed by atoms with van der Waals surface area (Å²) in [6, 6.07) is 7.56. The normalized spacial score (nSPS) is 14.5. The van der Waals surface area contributed by atoms with Crippen molar-refractivity contribution in [3.05, 3.63) is 41.9 Å². The third-order valence-electron chi connectivity index (χ3n) is 5.02. The number of rotatable bonds is 6. The molecule has 148 valence electrons. The molecule has 2 N–H and O–H groups in total. The highest BCUT2D eigenvalue weighted by Crippen LogP contribution is 2.31. The van der Waals surface area contributed by atoms with Gasteiger partial charge in [0.25, 0.3) is 0 Å². The molecular weight excluding hydrogens is 360 g/mol. The number of furan rings is 1. The SMILES string of the molecule is COc1nc2c(CCCc3ccco3)cc(N3CCOCC3)cc2n1C(N)=O. The molecule has 2 aromatic heterocycles. The van der Waals surface area contributed by atoms with Gasteiger partial charge in [0.2, 0.25) is 0 Å². The van der Waals surface area contributed by atoms with Crippen molar-refractivity contribution in [1.29, 1.82) is 0 Å². The summed E-state index contributed by atoms with van der Waals surface area (Å²) < 4.78 is 17.5. The summed E-state index contributed by atoms with van der Waals surface area (Å²) in [5, 5.41) is 0. The highest BCUT2D eigenvalue weighted by atomic mass is 16.5. The summed E-state index contributed by atoms with van der Waals surface area (Å²) in [6.45, 7) is 2.98. The average Bonchev–Trinajstić information content (AvgIpc) is 3.35. The van der Waals surface area contributed by atoms with E-state index in [-0.39, 0.29) is 6.01 Å². The lowest BCUT2D eigenvalue weighted by atomic mass is 10.0. The number of nitrogens with two attached hydrogens (primary N) is 1. The fraction of sp³-hybridized carbons (Fsp3) is 0.400. The molecule has 8 nitrogen and oxygen atoms in total. The van der Waals surface area contributed by atoms with Crippen LogP contribution in [0.15, 0.2) is 34.9 Å². The van der Waals surface area contributed by atoms with Gasteiger partial charge in [-0.2, -0.15) is 4.98 Å². The van der Waals surface area contributed by atoms with E-state index >= 15 is 0 Å². The molecule has 0 saturated carbocycles. The van der Waals surface area contributed by atoms with Gasteiger partial charge < -0.3 is 24.5 Å². The molecule has 0 aliphatic carbocycles. The molecule has 0 atom stereocenters. The molecule has 0 radical (unpaired) electrons. The first-order valence-electron chi connectivity index (χ1n) is 9.41. The summed E-state index contributed by atoms with van der Waals surface area (Å²) in [6.07, 6.45) is 4.23. The Labute approximate surface area is 162 Å². The summed E-state index contributed by atoms with van der Waals surface area (Å²) in [5.41, 5.74) is 9.11. The standard InChI is InChI=1S/C20H24N4O4/c1-26-20-22-18-14(4-2-5-16-6-3-9-28-16)12-15(23-7-10-27-11-8-23)13-17(18)24(20)19(21)25/h3,6,9,12-13H,2,4-5,7-8,10-11H2,1H3,(H2,21,25). The van der Waals surface area contributed by atoms with Crippen LogP contribution >= 0.6 is 0 Å². The number of primary amides is 1. The molecule has 1 saturated heterocycles. The topological polar surface area (TPSA) is 95.8 Å². The number of benzene rings is 1. The number of carbonyl (C=O) groups excluding carboxylic acids is 1. The Morgan fingerprint density at radius 2 is 2.11 bits per heavy atom. The van der Waals surface area contributed by atoms with E-state index in [0.29, 0.717) is 18.7 Å². The Hall–Kier alpha value is -3.00. The van der Waals surface area contributed by atoms with Crippen LogP contribution in [0.5, 0.6) is 6.01 Å². The largest absolute Gasteiger partial charge is 0.469 e. The molecule has 0 bridgehead atoms. The van der Waals surface area contributed by atoms with Gasteiger partial charge in [0.1, 0.15) is 5.76 Å². The Morgan fingerprint density at radius 1 is 1.29 bits per heavy atom. The molecule has 0 spiro atoms. The minimum atomic E-state index is -0.611. The number of nitrogens with zero attached hydrogens (tertiary/aromatic N) is 3. The molecule has 1 amide bonds. The van der Waals surface area contributed by atoms with E-state index in [1.807, 2.05) is 18.2 Å². The Bertz CT molecular complexity index is 958. The summed E-state index contributed by atoms with van der Waals surface area (Å²) in [7, 11) is 1.49. The van der Waals surface area contributed by atoms with Crippen LogP contribution in [0.2, 0.25) is 0 Å². The van der Waals surface area contributed by atoms with Crippen molar-refractivity contribution < 1.29 is 18.7 Å². The van der Waals surface area contributed by atoms with Crippen LogP contribution in [-0.2, 0) is 17.6 Å². The average molecular weight is 384 g/mol. The zero-order valence-electron chi connectivity index (χ0n) is 15.9. The van der Waals surface area contributed by atoms with Gasteiger partial charge in [-0.25, -0.2) is 9.36 Å². The van der Waals surface area contributed by atoms with E-state index in [0.717, 1.165) is 54.9 Å². The first-order chi connectivity index (χ1) is 13.7. The number of anilines is 1. The van der Waals surface area contributed by atoms with Crippen LogP contribution < -0.4 is 15.4 Å². The van der Waals surface area contributed by atoms with Crippen LogP contribution in [-0.4, -0.2) is 49.0 Å². The van der Waals surface area contributed by atoms with Crippen molar-refractivity contribution in [3.8, 4) is 6.01 Å². The van der Waals surface area contributed by atoms with Crippen molar-refractivity contribution in [1.82, 2.24) is 9.55 Å². The second kappa shape index (κ2) is 7.93. The highest BCUT2D eigenvalue weighted by Gasteiger charge is 2.21. The van der Waals surface area contributed by atoms with Crippen LogP contribution in [0.4, 0.5) is 10.5 Å². The first kappa shape index (κ1) is 18.4. The number of carbonyl (C=O) groups is 1. The summed E-state index contributed by atoms with van der Waals surface area (Å²) in [5.74, 6) is 0.959. The molecule has 1 fully saturated rings. The second-order valence-electron chi connectivity index (χ2n) is 6.78. The summed E-state index contributed by atoms with van der Waals surface area (Å²) >= 11 is 0. The minimum Gasteiger partial charge on any atom is -0.469 e. The predicted molar refractivity (Wildman–Crippen MR) is 105 cm³/mol. The Morgan fingerprint density at radius 3 is 2.79 bits per heavy atom. The van der Waals surface area contributed by atoms with Crippen LogP contribution in [0.1, 0.15) is 17.7 Å². The zero-order chi connectivity index (χ0) is 19.5. The molecule has 0 unspecified atom stereocenters. The van der Waals surface area contributed by atoms with Gasteiger partial charge in [0.05, 0.1) is 37.6 Å². The molecule has 3 aromatic rings. The molecular formula is C20H24N4O4. The maximum Gasteiger partial charge on any atom is 0.327 e. The highest BCUT2D eigenvalue weighted by molar-refractivity contribution is 5.93. The van der Waals surface area contributed by atoms with Gasteiger partial charge in [-0.1, -0.05) is 0 Å². The maximum absolute atomic E-state index is 12.0. The molecule has 1 aromatic carbocycles. The number of methoxy groups -OCH3 is 1. The number of aromatic nitrogens is 2. The number of hydrogen-bond donors (Lipinski definition) is 1. The number of imidazole rings is 1. The lowest BCUT2D eigenvalue weighted by Gasteiger charge is -2.29. The lowest BCUT2D eigenvalue weighted by Crippen LogP contribution is -2.36. The van der Waals surface area contributed by atoms with Gasteiger partial charge >= 0.3 is 12.0 Å². The van der Waals surface area contributed by atoms with Crippen molar-refractivity contribution in [2.75, 3.05) is 38.3 Å². The van der Waals surface area contributed by atoms with Gasteiger partial charge in [-0.3, -0.25) is 0 Å². The minimum absolute atomic E-state index is 0.203. The van der Waals surface area contributed by atoms with Crippen molar-refractivity contribution in [2.24, 2.45) is 5.73 Å². The Kier molecular flexibility index (Phi) is 5.21. The predicted octanol–water partition coefficient (Wildman–Crippen LogP) is 2.58. The van der Waals surface area contributed by atoms with Crippen molar-refractivity contribution >= 4 is 22.8 Å². The van der Waals surface area contributed by atoms with E-state index in [2.05, 4.69) is 16.0 Å². The quantitative estimate of drug-likeness (QED) is 0.702. The fourth-order valence-corrected chi connectivity index (χ4v) is 3.66. The molecule has 8 heteroatoms. The second-order valence-corrected chi connectivity index (χ2v) is 6.78. The van der Waals surface area contributed by atoms with E-state index in [9.17, 15) is 4.79 Å². The van der Waals surface area contributed by atoms with Gasteiger partial charge in [0.15, 0.2) is 0 Å². The van der Waals surface area contributed by atoms with Crippen molar-refractivity contribution in [3.63, 3.8) is 0 Å². The number of fused-ring (bicyclic) bond motifs is 1. The van der Waals surface area contributed by atoms with Crippen molar-refractivity contribution in [2.45, 2.75) is 19.3 Å². The molecule has 3 heterocycles. The van der Waals surface area contributed by atoms with E-state index in [1.165, 1.54) is 11.7 Å². The third-order valence-corrected chi connectivity index (χ3v) is 5.02. The first-order valence-corrected chi connectivity index (χ1v) is 9.41. The smallest absolute Gasteiger partial charge is 0.327 e. The molecule has 4 rings (SSSR count). The molecule has 1 aliphatic heterocycles. The van der Waals surface area contributed by atoms with Crippen LogP contribution in [0, 0.1) is 0 Å². The zero-order valence-corrected chi connectivity index (χ0v) is 15.9. The van der Waals surface area contributed by atoms with E-state index in [1.54, 1.807) is 6.26 Å². The lowest BCUT2D eigenvalue weighted by molar-refractivity contribution is 0.122. The van der Waals surface area contributed by atoms with Gasteiger partial charge in [0, 0.05) is 25.2 Å². The van der Waals surface area contributed by atoms with Crippen LogP contribution in [0.25, 0.3) is 11.0 Å². The van der Waals surface area contributed by atoms with E-state index in [4.69, 9.17) is 19.6 Å². The van der Waals surface area contributed by atoms with Gasteiger partial charge in [-0.15, -0.1) is 0 Å². The van der Waals surface area contributed by atoms with E-state index < -0.39 is 6.03 Å². The van der Waals surface area contributed by atoms with Gasteiger partial charge in [-0.05, 0) is 42.7 Å². The number of hydrogen-bond acceptors (Lipinski definition) is 6. The molecule has 1 aliphatic rings. The maximum atomic E-state index is 12.0. The Balaban J connectivity index is 1.72. The summed E-state index contributed by atoms with van der Waals surface area (Å²) in [4.78, 5) is 18.8. The third kappa shape index (κ3) is 3.55. The van der Waals surface area contributed by atoms with Crippen LogP contribution in [0.3, 0.4) is 0 Å². The number of morpholine rings is 1. The number of ether oxygens (including phenoxy) is 2. The number of amides is 1. The fourth-order valence-electron chi connectivity index (χ4n) is 3.66.